The molecule has 0 unspecified atom stereocenters. The molecule has 0 bridgehead atoms. The Labute approximate surface area is 146 Å². The molecule has 1 aromatic carbocycles. The smallest absolute Gasteiger partial charge is 0.273 e. The van der Waals surface area contributed by atoms with Crippen LogP contribution >= 0.6 is 11.3 Å². The largest absolute Gasteiger partial charge is 0.497 e. The van der Waals surface area contributed by atoms with Gasteiger partial charge in [-0.05, 0) is 30.9 Å². The Kier molecular flexibility index (Phi) is 5.35. The first-order valence-electron chi connectivity index (χ1n) is 8.16. The van der Waals surface area contributed by atoms with Gasteiger partial charge in [-0.3, -0.25) is 4.79 Å². The van der Waals surface area contributed by atoms with Gasteiger partial charge in [0.2, 0.25) is 0 Å². The molecule has 24 heavy (non-hydrogen) atoms. The fraction of sp³-hybridized carbons (Fsp3) is 0.444. The summed E-state index contributed by atoms with van der Waals surface area (Å²) in [5, 5.41) is 2.62. The lowest BCUT2D eigenvalue weighted by Crippen LogP contribution is -2.38. The van der Waals surface area contributed by atoms with Crippen molar-refractivity contribution >= 4 is 17.2 Å². The number of benzene rings is 1. The molecule has 1 fully saturated rings. The minimum atomic E-state index is 0.0331. The monoisotopic (exact) mass is 346 g/mol. The summed E-state index contributed by atoms with van der Waals surface area (Å²) in [6, 6.07) is 7.44. The summed E-state index contributed by atoms with van der Waals surface area (Å²) in [5.74, 6) is 2.21. The molecule has 0 saturated carbocycles. The summed E-state index contributed by atoms with van der Waals surface area (Å²) in [5.41, 5.74) is 0.527. The molecule has 1 aromatic heterocycles. The Hall–Kier alpha value is -2.08. The second-order valence-corrected chi connectivity index (χ2v) is 7.01. The predicted octanol–water partition coefficient (Wildman–Crippen LogP) is 3.60. The summed E-state index contributed by atoms with van der Waals surface area (Å²) in [7, 11) is 1.62. The van der Waals surface area contributed by atoms with Crippen LogP contribution in [0.1, 0.15) is 35.3 Å². The predicted molar refractivity (Wildman–Crippen MR) is 93.7 cm³/mol. The molecule has 1 aliphatic rings. The molecule has 0 N–H and O–H groups in total. The van der Waals surface area contributed by atoms with Crippen molar-refractivity contribution in [3.8, 4) is 11.5 Å². The average Bonchev–Trinajstić information content (AvgIpc) is 3.09. The molecule has 1 saturated heterocycles. The van der Waals surface area contributed by atoms with E-state index in [1.165, 1.54) is 11.3 Å². The van der Waals surface area contributed by atoms with Crippen LogP contribution in [0.4, 0.5) is 0 Å². The number of piperidine rings is 1. The number of nitrogens with zero attached hydrogens (tertiary/aromatic N) is 2. The van der Waals surface area contributed by atoms with E-state index in [1.807, 2.05) is 34.5 Å². The number of rotatable bonds is 5. The Bertz CT molecular complexity index is 693. The molecule has 128 valence electrons. The second-order valence-electron chi connectivity index (χ2n) is 6.07. The summed E-state index contributed by atoms with van der Waals surface area (Å²) >= 11 is 1.46. The quantitative estimate of drug-likeness (QED) is 0.830. The van der Waals surface area contributed by atoms with Crippen molar-refractivity contribution in [3.63, 3.8) is 0 Å². The summed E-state index contributed by atoms with van der Waals surface area (Å²) in [6.07, 6.45) is 2.14. The molecule has 6 heteroatoms. The molecule has 0 spiro atoms. The number of carbonyl (C=O) groups excluding carboxylic acids is 1. The first-order chi connectivity index (χ1) is 11.7. The van der Waals surface area contributed by atoms with Gasteiger partial charge in [-0.25, -0.2) is 4.98 Å². The highest BCUT2D eigenvalue weighted by Gasteiger charge is 2.23. The first kappa shape index (κ1) is 16.8. The lowest BCUT2D eigenvalue weighted by atomic mass is 9.99. The first-order valence-corrected chi connectivity index (χ1v) is 9.04. The maximum Gasteiger partial charge on any atom is 0.273 e. The molecule has 1 aliphatic heterocycles. The normalized spacial score (nSPS) is 15.3. The summed E-state index contributed by atoms with van der Waals surface area (Å²) in [6.45, 7) is 4.24. The topological polar surface area (TPSA) is 51.7 Å². The summed E-state index contributed by atoms with van der Waals surface area (Å²) in [4.78, 5) is 18.8. The maximum absolute atomic E-state index is 12.5. The van der Waals surface area contributed by atoms with Crippen LogP contribution in [0.15, 0.2) is 29.6 Å². The van der Waals surface area contributed by atoms with Gasteiger partial charge in [0.05, 0.1) is 7.11 Å². The number of amides is 1. The van der Waals surface area contributed by atoms with Crippen LogP contribution in [0.25, 0.3) is 0 Å². The van der Waals surface area contributed by atoms with Gasteiger partial charge in [-0.15, -0.1) is 11.3 Å². The van der Waals surface area contributed by atoms with Gasteiger partial charge in [0.1, 0.15) is 28.8 Å². The van der Waals surface area contributed by atoms with E-state index >= 15 is 0 Å². The minimum absolute atomic E-state index is 0.0331. The molecule has 1 amide bonds. The molecular formula is C18H22N2O3S. The zero-order valence-electron chi connectivity index (χ0n) is 14.0. The SMILES string of the molecule is COc1cccc(OCc2nc(C(=O)N3CCC(C)CC3)cs2)c1. The maximum atomic E-state index is 12.5. The van der Waals surface area contributed by atoms with E-state index in [0.29, 0.717) is 18.2 Å². The Morgan fingerprint density at radius 3 is 2.83 bits per heavy atom. The van der Waals surface area contributed by atoms with Crippen molar-refractivity contribution in [2.45, 2.75) is 26.4 Å². The number of hydrogen-bond donors (Lipinski definition) is 0. The highest BCUT2D eigenvalue weighted by molar-refractivity contribution is 7.09. The van der Waals surface area contributed by atoms with Gasteiger partial charge in [0.15, 0.2) is 0 Å². The molecule has 0 aliphatic carbocycles. The van der Waals surface area contributed by atoms with E-state index in [0.717, 1.165) is 42.4 Å². The standard InChI is InChI=1S/C18H22N2O3S/c1-13-6-8-20(9-7-13)18(21)16-12-24-17(19-16)11-23-15-5-3-4-14(10-15)22-2/h3-5,10,12-13H,6-9,11H2,1-2H3. The minimum Gasteiger partial charge on any atom is -0.497 e. The van der Waals surface area contributed by atoms with Crippen molar-refractivity contribution in [1.29, 1.82) is 0 Å². The average molecular weight is 346 g/mol. The molecule has 3 rings (SSSR count). The van der Waals surface area contributed by atoms with Crippen molar-refractivity contribution < 1.29 is 14.3 Å². The van der Waals surface area contributed by atoms with E-state index in [-0.39, 0.29) is 5.91 Å². The zero-order valence-corrected chi connectivity index (χ0v) is 14.8. The van der Waals surface area contributed by atoms with Crippen molar-refractivity contribution in [3.05, 3.63) is 40.3 Å². The van der Waals surface area contributed by atoms with Gasteiger partial charge in [-0.1, -0.05) is 13.0 Å². The molecule has 5 nitrogen and oxygen atoms in total. The number of ether oxygens (including phenoxy) is 2. The van der Waals surface area contributed by atoms with E-state index < -0.39 is 0 Å². The lowest BCUT2D eigenvalue weighted by Gasteiger charge is -2.29. The number of likely N-dealkylation sites (tertiary alicyclic amines) is 1. The van der Waals surface area contributed by atoms with Crippen LogP contribution in [0, 0.1) is 5.92 Å². The molecule has 0 atom stereocenters. The van der Waals surface area contributed by atoms with Crippen LogP contribution in [0.3, 0.4) is 0 Å². The number of thiazole rings is 1. The number of hydrogen-bond acceptors (Lipinski definition) is 5. The number of methoxy groups -OCH3 is 1. The van der Waals surface area contributed by atoms with E-state index in [2.05, 4.69) is 11.9 Å². The lowest BCUT2D eigenvalue weighted by molar-refractivity contribution is 0.0691. The van der Waals surface area contributed by atoms with Crippen molar-refractivity contribution in [2.24, 2.45) is 5.92 Å². The number of aromatic nitrogens is 1. The Balaban J connectivity index is 1.58. The molecule has 2 aromatic rings. The summed E-state index contributed by atoms with van der Waals surface area (Å²) < 4.78 is 10.9. The van der Waals surface area contributed by atoms with Gasteiger partial charge in [0, 0.05) is 24.5 Å². The van der Waals surface area contributed by atoms with E-state index in [4.69, 9.17) is 9.47 Å². The fourth-order valence-corrected chi connectivity index (χ4v) is 3.36. The van der Waals surface area contributed by atoms with Gasteiger partial charge in [-0.2, -0.15) is 0 Å². The fourth-order valence-electron chi connectivity index (χ4n) is 2.69. The zero-order chi connectivity index (χ0) is 16.9. The van der Waals surface area contributed by atoms with Crippen LogP contribution in [-0.4, -0.2) is 36.0 Å². The molecule has 2 heterocycles. The molecular weight excluding hydrogens is 324 g/mol. The second kappa shape index (κ2) is 7.66. The Morgan fingerprint density at radius 1 is 1.33 bits per heavy atom. The third-order valence-corrected chi connectivity index (χ3v) is 5.07. The van der Waals surface area contributed by atoms with Crippen LogP contribution < -0.4 is 9.47 Å². The number of carbonyl (C=O) groups is 1. The van der Waals surface area contributed by atoms with Gasteiger partial charge >= 0.3 is 0 Å². The van der Waals surface area contributed by atoms with Crippen LogP contribution in [-0.2, 0) is 6.61 Å². The highest BCUT2D eigenvalue weighted by atomic mass is 32.1. The molecule has 0 radical (unpaired) electrons. The third kappa shape index (κ3) is 4.06. The van der Waals surface area contributed by atoms with E-state index in [9.17, 15) is 4.79 Å². The Morgan fingerprint density at radius 2 is 2.08 bits per heavy atom. The van der Waals surface area contributed by atoms with Crippen LogP contribution in [0.5, 0.6) is 11.5 Å². The van der Waals surface area contributed by atoms with Crippen molar-refractivity contribution in [2.75, 3.05) is 20.2 Å². The van der Waals surface area contributed by atoms with E-state index in [1.54, 1.807) is 7.11 Å². The third-order valence-electron chi connectivity index (χ3n) is 4.25. The van der Waals surface area contributed by atoms with Gasteiger partial charge in [0.25, 0.3) is 5.91 Å². The van der Waals surface area contributed by atoms with Crippen LogP contribution in [0.2, 0.25) is 0 Å². The van der Waals surface area contributed by atoms with Crippen molar-refractivity contribution in [1.82, 2.24) is 9.88 Å². The van der Waals surface area contributed by atoms with Gasteiger partial charge < -0.3 is 14.4 Å². The highest BCUT2D eigenvalue weighted by Crippen LogP contribution is 2.22.